The van der Waals surface area contributed by atoms with Crippen LogP contribution in [0.5, 0.6) is 0 Å². The van der Waals surface area contributed by atoms with Crippen LogP contribution in [-0.2, 0) is 0 Å². The molecule has 0 aromatic rings. The van der Waals surface area contributed by atoms with Crippen molar-refractivity contribution in [3.8, 4) is 0 Å². The number of rotatable bonds is 0. The molecule has 0 unspecified atom stereocenters. The van der Waals surface area contributed by atoms with E-state index in [1.54, 1.807) is 0 Å². The Bertz CT molecular complexity index is 134. The molecule has 0 aliphatic carbocycles. The third-order valence-corrected chi connectivity index (χ3v) is 3.06. The summed E-state index contributed by atoms with van der Waals surface area (Å²) in [4.78, 5) is 0. The van der Waals surface area contributed by atoms with E-state index in [9.17, 15) is 0 Å². The molecule has 3 rings (SSSR count). The average molecular weight is 140 g/mol. The highest BCUT2D eigenvalue weighted by Crippen LogP contribution is 2.36. The zero-order chi connectivity index (χ0) is 7.19. The van der Waals surface area contributed by atoms with Crippen molar-refractivity contribution in [3.05, 3.63) is 0 Å². The summed E-state index contributed by atoms with van der Waals surface area (Å²) < 4.78 is 0. The summed E-state index contributed by atoms with van der Waals surface area (Å²) in [5, 5.41) is 6.93. The minimum atomic E-state index is 0.571. The van der Waals surface area contributed by atoms with Crippen molar-refractivity contribution in [2.75, 3.05) is 13.1 Å². The normalized spacial score (nSPS) is 43.8. The Morgan fingerprint density at radius 3 is 2.00 bits per heavy atom. The summed E-state index contributed by atoms with van der Waals surface area (Å²) in [5.41, 5.74) is 0.571. The molecule has 3 saturated heterocycles. The summed E-state index contributed by atoms with van der Waals surface area (Å²) in [5.74, 6) is 0.845. The Labute approximate surface area is 62.4 Å². The minimum Gasteiger partial charge on any atom is -0.302 e. The van der Waals surface area contributed by atoms with Gasteiger partial charge < -0.3 is 10.6 Å². The topological polar surface area (TPSA) is 24.1 Å². The smallest absolute Gasteiger partial charge is 0.0577 e. The quantitative estimate of drug-likeness (QED) is 0.513. The number of nitrogens with one attached hydrogen (secondary N) is 2. The lowest BCUT2D eigenvalue weighted by Gasteiger charge is -2.49. The van der Waals surface area contributed by atoms with Gasteiger partial charge in [-0.25, -0.2) is 0 Å². The van der Waals surface area contributed by atoms with Crippen molar-refractivity contribution in [2.45, 2.75) is 26.4 Å². The summed E-state index contributed by atoms with van der Waals surface area (Å²) in [6.07, 6.45) is 1.89. The van der Waals surface area contributed by atoms with Crippen LogP contribution in [-0.4, -0.2) is 19.3 Å². The summed E-state index contributed by atoms with van der Waals surface area (Å²) in [6, 6.07) is 0. The highest BCUT2D eigenvalue weighted by atomic mass is 15.2. The second-order valence-electron chi connectivity index (χ2n) is 4.26. The Kier molecular flexibility index (Phi) is 1.29. The van der Waals surface area contributed by atoms with Crippen LogP contribution >= 0.6 is 0 Å². The van der Waals surface area contributed by atoms with E-state index in [1.165, 1.54) is 19.5 Å². The van der Waals surface area contributed by atoms with Crippen LogP contribution in [0.25, 0.3) is 0 Å². The van der Waals surface area contributed by atoms with Crippen molar-refractivity contribution >= 4 is 0 Å². The molecule has 2 nitrogen and oxygen atoms in total. The van der Waals surface area contributed by atoms with Gasteiger partial charge in [-0.05, 0) is 17.8 Å². The number of hydrogen-bond donors (Lipinski definition) is 2. The molecule has 3 aliphatic heterocycles. The zero-order valence-corrected chi connectivity index (χ0v) is 6.78. The summed E-state index contributed by atoms with van der Waals surface area (Å²) >= 11 is 0. The maximum atomic E-state index is 3.46. The fourth-order valence-corrected chi connectivity index (χ4v) is 2.10. The first-order valence-corrected chi connectivity index (χ1v) is 4.15. The van der Waals surface area contributed by atoms with Gasteiger partial charge in [0.05, 0.1) is 6.17 Å². The van der Waals surface area contributed by atoms with Crippen molar-refractivity contribution in [3.63, 3.8) is 0 Å². The van der Waals surface area contributed by atoms with Gasteiger partial charge in [-0.3, -0.25) is 0 Å². The van der Waals surface area contributed by atoms with E-state index in [-0.39, 0.29) is 0 Å². The fourth-order valence-electron chi connectivity index (χ4n) is 2.10. The third-order valence-electron chi connectivity index (χ3n) is 3.06. The molecule has 58 valence electrons. The maximum Gasteiger partial charge on any atom is 0.0577 e. The van der Waals surface area contributed by atoms with Crippen LogP contribution in [0.15, 0.2) is 0 Å². The Morgan fingerprint density at radius 2 is 1.80 bits per heavy atom. The molecule has 0 amide bonds. The lowest BCUT2D eigenvalue weighted by atomic mass is 9.70. The fraction of sp³-hybridized carbons (Fsp3) is 1.00. The van der Waals surface area contributed by atoms with Gasteiger partial charge in [0.25, 0.3) is 0 Å². The Balaban J connectivity index is 2.15. The predicted octanol–water partition coefficient (Wildman–Crippen LogP) is 0.551. The molecule has 2 bridgehead atoms. The maximum absolute atomic E-state index is 3.46. The van der Waals surface area contributed by atoms with Gasteiger partial charge in [0.2, 0.25) is 0 Å². The van der Waals surface area contributed by atoms with E-state index in [0.29, 0.717) is 11.6 Å². The molecule has 0 saturated carbocycles. The van der Waals surface area contributed by atoms with Gasteiger partial charge in [0.1, 0.15) is 0 Å². The highest BCUT2D eigenvalue weighted by molar-refractivity contribution is 4.95. The first-order chi connectivity index (χ1) is 4.68. The Morgan fingerprint density at radius 1 is 1.20 bits per heavy atom. The molecule has 0 radical (unpaired) electrons. The number of fused-ring (bicyclic) bond motifs is 3. The van der Waals surface area contributed by atoms with Crippen LogP contribution in [0.2, 0.25) is 0 Å². The summed E-state index contributed by atoms with van der Waals surface area (Å²) in [7, 11) is 0. The van der Waals surface area contributed by atoms with Gasteiger partial charge in [-0.15, -0.1) is 0 Å². The van der Waals surface area contributed by atoms with Gasteiger partial charge in [-0.2, -0.15) is 0 Å². The van der Waals surface area contributed by atoms with Gasteiger partial charge in [-0.1, -0.05) is 13.8 Å². The van der Waals surface area contributed by atoms with Gasteiger partial charge in [0, 0.05) is 13.1 Å². The molecule has 3 fully saturated rings. The standard InChI is InChI=1S/C8H16N2/c1-8(2)3-7-9-4-6(8)5-10-7/h6-7,9-10H,3-5H2,1-2H3. The minimum absolute atomic E-state index is 0.571. The summed E-state index contributed by atoms with van der Waals surface area (Å²) in [6.45, 7) is 7.19. The molecule has 0 aromatic heterocycles. The van der Waals surface area contributed by atoms with Crippen LogP contribution in [0.4, 0.5) is 0 Å². The van der Waals surface area contributed by atoms with E-state index >= 15 is 0 Å². The van der Waals surface area contributed by atoms with E-state index in [2.05, 4.69) is 24.5 Å². The van der Waals surface area contributed by atoms with Gasteiger partial charge in [0.15, 0.2) is 0 Å². The Hall–Kier alpha value is -0.0800. The van der Waals surface area contributed by atoms with Crippen molar-refractivity contribution < 1.29 is 0 Å². The van der Waals surface area contributed by atoms with Crippen LogP contribution < -0.4 is 10.6 Å². The van der Waals surface area contributed by atoms with Crippen molar-refractivity contribution in [1.29, 1.82) is 0 Å². The second kappa shape index (κ2) is 1.95. The highest BCUT2D eigenvalue weighted by Gasteiger charge is 2.40. The first kappa shape index (κ1) is 6.62. The largest absolute Gasteiger partial charge is 0.302 e. The van der Waals surface area contributed by atoms with Crippen LogP contribution in [0.1, 0.15) is 20.3 Å². The molecule has 10 heavy (non-hydrogen) atoms. The molecule has 3 aliphatic rings. The molecule has 0 atom stereocenters. The van der Waals surface area contributed by atoms with E-state index in [0.717, 1.165) is 5.92 Å². The predicted molar refractivity (Wildman–Crippen MR) is 41.7 cm³/mol. The second-order valence-corrected chi connectivity index (χ2v) is 4.26. The average Bonchev–Trinajstić information content (AvgIpc) is 1.87. The van der Waals surface area contributed by atoms with Crippen molar-refractivity contribution in [1.82, 2.24) is 10.6 Å². The van der Waals surface area contributed by atoms with Crippen molar-refractivity contribution in [2.24, 2.45) is 11.3 Å². The number of piperidine rings is 2. The van der Waals surface area contributed by atoms with E-state index in [4.69, 9.17) is 0 Å². The monoisotopic (exact) mass is 140 g/mol. The SMILES string of the molecule is CC1(C)CC2NCC1CN2. The van der Waals surface area contributed by atoms with E-state index < -0.39 is 0 Å². The molecule has 0 spiro atoms. The first-order valence-electron chi connectivity index (χ1n) is 4.15. The number of hydrogen-bond acceptors (Lipinski definition) is 2. The molecule has 2 heteroatoms. The molecule has 0 aromatic carbocycles. The lowest BCUT2D eigenvalue weighted by molar-refractivity contribution is 0.0551. The van der Waals surface area contributed by atoms with Crippen LogP contribution in [0.3, 0.4) is 0 Å². The van der Waals surface area contributed by atoms with E-state index in [1.807, 2.05) is 0 Å². The molecule has 2 N–H and O–H groups in total. The molecule has 3 heterocycles. The van der Waals surface area contributed by atoms with Crippen LogP contribution in [0, 0.1) is 11.3 Å². The molecular weight excluding hydrogens is 124 g/mol. The molecular formula is C8H16N2. The zero-order valence-electron chi connectivity index (χ0n) is 6.78. The third kappa shape index (κ3) is 0.867. The van der Waals surface area contributed by atoms with Gasteiger partial charge >= 0.3 is 0 Å². The lowest BCUT2D eigenvalue weighted by Crippen LogP contribution is -2.63.